The van der Waals surface area contributed by atoms with Crippen molar-refractivity contribution in [3.8, 4) is 11.8 Å². The molecule has 0 saturated carbocycles. The number of thiophene rings is 1. The summed E-state index contributed by atoms with van der Waals surface area (Å²) >= 11 is 1.42. The number of hydrogen-bond donors (Lipinski definition) is 1. The number of rotatable bonds is 1. The molecule has 0 bridgehead atoms. The summed E-state index contributed by atoms with van der Waals surface area (Å²) in [4.78, 5) is 0. The lowest BCUT2D eigenvalue weighted by Gasteiger charge is -2.01. The lowest BCUT2D eigenvalue weighted by atomic mass is 10.0. The molecule has 70 valence electrons. The fourth-order valence-corrected chi connectivity index (χ4v) is 2.52. The molecule has 2 rings (SSSR count). The highest BCUT2D eigenvalue weighted by Gasteiger charge is 2.10. The maximum absolute atomic E-state index is 9.64. The molecule has 1 aromatic carbocycles. The highest BCUT2D eigenvalue weighted by atomic mass is 32.1. The first-order chi connectivity index (χ1) is 6.77. The van der Waals surface area contributed by atoms with Crippen LogP contribution in [0.1, 0.15) is 18.1 Å². The minimum absolute atomic E-state index is 0.291. The highest BCUT2D eigenvalue weighted by Crippen LogP contribution is 2.36. The van der Waals surface area contributed by atoms with E-state index in [0.29, 0.717) is 11.3 Å². The Morgan fingerprint density at radius 3 is 2.93 bits per heavy atom. The maximum atomic E-state index is 9.64. The van der Waals surface area contributed by atoms with Gasteiger partial charge in [0.1, 0.15) is 11.8 Å². The topological polar surface area (TPSA) is 44.0 Å². The molecule has 0 spiro atoms. The summed E-state index contributed by atoms with van der Waals surface area (Å²) in [6, 6.07) is 5.86. The zero-order valence-corrected chi connectivity index (χ0v) is 8.56. The van der Waals surface area contributed by atoms with E-state index < -0.39 is 0 Å². The van der Waals surface area contributed by atoms with E-state index in [1.54, 1.807) is 5.38 Å². The summed E-state index contributed by atoms with van der Waals surface area (Å²) in [7, 11) is 0. The molecule has 1 aromatic heterocycles. The van der Waals surface area contributed by atoms with Gasteiger partial charge in [-0.15, -0.1) is 11.3 Å². The average molecular weight is 203 g/mol. The van der Waals surface area contributed by atoms with Gasteiger partial charge < -0.3 is 5.11 Å². The molecule has 1 N–H and O–H groups in total. The van der Waals surface area contributed by atoms with Gasteiger partial charge in [0.15, 0.2) is 0 Å². The molecule has 0 unspecified atom stereocenters. The van der Waals surface area contributed by atoms with E-state index in [1.807, 2.05) is 19.1 Å². The normalized spacial score (nSPS) is 10.3. The van der Waals surface area contributed by atoms with E-state index in [4.69, 9.17) is 5.26 Å². The molecule has 0 aliphatic carbocycles. The molecule has 0 aliphatic rings. The van der Waals surface area contributed by atoms with E-state index in [1.165, 1.54) is 11.3 Å². The maximum Gasteiger partial charge on any atom is 0.134 e. The van der Waals surface area contributed by atoms with Gasteiger partial charge in [-0.2, -0.15) is 5.26 Å². The molecule has 0 amide bonds. The Morgan fingerprint density at radius 2 is 2.29 bits per heavy atom. The van der Waals surface area contributed by atoms with E-state index in [2.05, 4.69) is 6.07 Å². The van der Waals surface area contributed by atoms with Crippen molar-refractivity contribution < 1.29 is 5.11 Å². The van der Waals surface area contributed by atoms with Gasteiger partial charge in [0, 0.05) is 10.8 Å². The summed E-state index contributed by atoms with van der Waals surface area (Å²) in [5.41, 5.74) is 1.74. The summed E-state index contributed by atoms with van der Waals surface area (Å²) < 4.78 is 0.893. The molecule has 0 fully saturated rings. The van der Waals surface area contributed by atoms with Crippen LogP contribution in [0.15, 0.2) is 17.5 Å². The standard InChI is InChI=1S/C11H9NOS/c1-2-7-3-4-8(5-12)11-10(7)9(13)6-14-11/h3-4,6,13H,2H2,1H3. The molecule has 3 heteroatoms. The predicted octanol–water partition coefficient (Wildman–Crippen LogP) is 3.04. The number of nitriles is 1. The summed E-state index contributed by atoms with van der Waals surface area (Å²) in [6.07, 6.45) is 0.868. The average Bonchev–Trinajstić information content (AvgIpc) is 2.60. The molecule has 1 heterocycles. The van der Waals surface area contributed by atoms with Gasteiger partial charge in [0.05, 0.1) is 10.3 Å². The minimum Gasteiger partial charge on any atom is -0.506 e. The summed E-state index contributed by atoms with van der Waals surface area (Å²) in [5.74, 6) is 0.291. The van der Waals surface area contributed by atoms with Crippen molar-refractivity contribution in [3.05, 3.63) is 28.6 Å². The summed E-state index contributed by atoms with van der Waals surface area (Å²) in [6.45, 7) is 2.04. The smallest absolute Gasteiger partial charge is 0.134 e. The lowest BCUT2D eigenvalue weighted by molar-refractivity contribution is 0.483. The Kier molecular flexibility index (Phi) is 2.14. The second-order valence-electron chi connectivity index (χ2n) is 3.06. The lowest BCUT2D eigenvalue weighted by Crippen LogP contribution is -1.83. The molecule has 2 aromatic rings. The van der Waals surface area contributed by atoms with Crippen LogP contribution in [0.2, 0.25) is 0 Å². The van der Waals surface area contributed by atoms with Gasteiger partial charge >= 0.3 is 0 Å². The van der Waals surface area contributed by atoms with Crippen molar-refractivity contribution in [1.29, 1.82) is 5.26 Å². The summed E-state index contributed by atoms with van der Waals surface area (Å²) in [5, 5.41) is 21.1. The van der Waals surface area contributed by atoms with Crippen molar-refractivity contribution >= 4 is 21.4 Å². The fourth-order valence-electron chi connectivity index (χ4n) is 1.58. The first-order valence-corrected chi connectivity index (χ1v) is 5.28. The van der Waals surface area contributed by atoms with Crippen LogP contribution in [-0.4, -0.2) is 5.11 Å². The highest BCUT2D eigenvalue weighted by molar-refractivity contribution is 7.17. The Labute approximate surface area is 86.0 Å². The van der Waals surface area contributed by atoms with Crippen LogP contribution < -0.4 is 0 Å². The Balaban J connectivity index is 2.89. The number of nitrogens with zero attached hydrogens (tertiary/aromatic N) is 1. The van der Waals surface area contributed by atoms with E-state index >= 15 is 0 Å². The monoisotopic (exact) mass is 203 g/mol. The van der Waals surface area contributed by atoms with Gasteiger partial charge in [-0.3, -0.25) is 0 Å². The number of aryl methyl sites for hydroxylation is 1. The Bertz CT molecular complexity index is 522. The van der Waals surface area contributed by atoms with Crippen LogP contribution >= 0.6 is 11.3 Å². The van der Waals surface area contributed by atoms with Crippen molar-refractivity contribution in [2.24, 2.45) is 0 Å². The molecular formula is C11H9NOS. The predicted molar refractivity (Wildman–Crippen MR) is 57.6 cm³/mol. The van der Waals surface area contributed by atoms with Crippen LogP contribution in [0, 0.1) is 11.3 Å². The zero-order valence-electron chi connectivity index (χ0n) is 7.74. The van der Waals surface area contributed by atoms with Crippen molar-refractivity contribution in [2.45, 2.75) is 13.3 Å². The van der Waals surface area contributed by atoms with Crippen LogP contribution in [0.3, 0.4) is 0 Å². The SMILES string of the molecule is CCc1ccc(C#N)c2scc(O)c12. The van der Waals surface area contributed by atoms with E-state index in [0.717, 1.165) is 22.1 Å². The largest absolute Gasteiger partial charge is 0.506 e. The third-order valence-corrected chi connectivity index (χ3v) is 3.29. The van der Waals surface area contributed by atoms with Crippen LogP contribution in [-0.2, 0) is 6.42 Å². The number of hydrogen-bond acceptors (Lipinski definition) is 3. The first-order valence-electron chi connectivity index (χ1n) is 4.40. The quantitative estimate of drug-likeness (QED) is 0.774. The van der Waals surface area contributed by atoms with E-state index in [-0.39, 0.29) is 0 Å². The number of fused-ring (bicyclic) bond motifs is 1. The Morgan fingerprint density at radius 1 is 1.50 bits per heavy atom. The second kappa shape index (κ2) is 3.32. The fraction of sp³-hybridized carbons (Fsp3) is 0.182. The number of benzene rings is 1. The third-order valence-electron chi connectivity index (χ3n) is 2.29. The molecular weight excluding hydrogens is 194 g/mol. The van der Waals surface area contributed by atoms with Crippen LogP contribution in [0.25, 0.3) is 10.1 Å². The first kappa shape index (κ1) is 9.04. The Hall–Kier alpha value is -1.53. The van der Waals surface area contributed by atoms with Crippen LogP contribution in [0.5, 0.6) is 5.75 Å². The van der Waals surface area contributed by atoms with Gasteiger partial charge in [-0.25, -0.2) is 0 Å². The van der Waals surface area contributed by atoms with E-state index in [9.17, 15) is 5.11 Å². The van der Waals surface area contributed by atoms with Crippen molar-refractivity contribution in [1.82, 2.24) is 0 Å². The molecule has 0 aliphatic heterocycles. The molecule has 14 heavy (non-hydrogen) atoms. The number of aromatic hydroxyl groups is 1. The molecule has 0 saturated heterocycles. The molecule has 0 atom stereocenters. The molecule has 2 nitrogen and oxygen atoms in total. The molecule has 0 radical (unpaired) electrons. The van der Waals surface area contributed by atoms with Gasteiger partial charge in [0.2, 0.25) is 0 Å². The third kappa shape index (κ3) is 1.16. The van der Waals surface area contributed by atoms with Gasteiger partial charge in [-0.05, 0) is 18.1 Å². The van der Waals surface area contributed by atoms with Crippen molar-refractivity contribution in [2.75, 3.05) is 0 Å². The van der Waals surface area contributed by atoms with Gasteiger partial charge in [0.25, 0.3) is 0 Å². The minimum atomic E-state index is 0.291. The zero-order chi connectivity index (χ0) is 10.1. The van der Waals surface area contributed by atoms with Gasteiger partial charge in [-0.1, -0.05) is 13.0 Å². The van der Waals surface area contributed by atoms with Crippen LogP contribution in [0.4, 0.5) is 0 Å². The van der Waals surface area contributed by atoms with Crippen molar-refractivity contribution in [3.63, 3.8) is 0 Å². The second-order valence-corrected chi connectivity index (χ2v) is 3.94.